The van der Waals surface area contributed by atoms with E-state index in [1.54, 1.807) is 0 Å². The van der Waals surface area contributed by atoms with Crippen molar-refractivity contribution in [2.45, 2.75) is 44.4 Å². The van der Waals surface area contributed by atoms with Gasteiger partial charge in [-0.25, -0.2) is 0 Å². The maximum Gasteiger partial charge on any atom is 0.107 e. The Morgan fingerprint density at radius 1 is 1.47 bits per heavy atom. The van der Waals surface area contributed by atoms with Crippen LogP contribution >= 0.6 is 24.0 Å². The van der Waals surface area contributed by atoms with Gasteiger partial charge >= 0.3 is 0 Å². The largest absolute Gasteiger partial charge is 0.389 e. The number of pyridine rings is 1. The predicted octanol–water partition coefficient (Wildman–Crippen LogP) is 3.03. The average molecular weight is 295 g/mol. The topological polar surface area (TPSA) is 50.9 Å². The molecule has 1 aliphatic carbocycles. The highest BCUT2D eigenvalue weighted by Crippen LogP contribution is 2.32. The maximum atomic E-state index is 5.85. The zero-order valence-corrected chi connectivity index (χ0v) is 13.3. The quantitative estimate of drug-likeness (QED) is 0.836. The molecule has 1 fully saturated rings. The van der Waals surface area contributed by atoms with Crippen molar-refractivity contribution in [2.75, 3.05) is 11.6 Å². The van der Waals surface area contributed by atoms with Gasteiger partial charge in [0.2, 0.25) is 0 Å². The van der Waals surface area contributed by atoms with Crippen molar-refractivity contribution in [1.29, 1.82) is 0 Å². The number of nitrogens with zero attached hydrogens (tertiary/aromatic N) is 1. The second kappa shape index (κ2) is 6.09. The van der Waals surface area contributed by atoms with Gasteiger partial charge in [0, 0.05) is 28.4 Å². The van der Waals surface area contributed by atoms with E-state index in [0.717, 1.165) is 22.6 Å². The lowest BCUT2D eigenvalue weighted by molar-refractivity contribution is 0.767. The molecular formula is C14H21N3S2. The van der Waals surface area contributed by atoms with E-state index in [1.165, 1.54) is 19.3 Å². The summed E-state index contributed by atoms with van der Waals surface area (Å²) in [6.45, 7) is 3.97. The normalized spacial score (nSPS) is 22.5. The van der Waals surface area contributed by atoms with E-state index in [1.807, 2.05) is 25.6 Å². The molecule has 1 saturated carbocycles. The third kappa shape index (κ3) is 3.20. The standard InChI is InChI=1S/C14H21N3S2/c1-8-7-11(13(14(15)18)9(2)16-8)17-10-5-4-6-12(10)19-3/h7,10,12H,4-6H2,1-3H3,(H2,15,18)(H,16,17). The molecule has 0 amide bonds. The fraction of sp³-hybridized carbons (Fsp3) is 0.571. The summed E-state index contributed by atoms with van der Waals surface area (Å²) in [5.74, 6) is 0. The van der Waals surface area contributed by atoms with Gasteiger partial charge in [-0.15, -0.1) is 0 Å². The van der Waals surface area contributed by atoms with Crippen molar-refractivity contribution in [3.8, 4) is 0 Å². The van der Waals surface area contributed by atoms with Crippen molar-refractivity contribution in [2.24, 2.45) is 5.73 Å². The molecular weight excluding hydrogens is 274 g/mol. The molecule has 1 aliphatic rings. The van der Waals surface area contributed by atoms with Gasteiger partial charge in [0.05, 0.1) is 5.56 Å². The fourth-order valence-corrected chi connectivity index (χ4v) is 4.02. The first-order valence-electron chi connectivity index (χ1n) is 6.60. The number of rotatable bonds is 4. The molecule has 1 aromatic rings. The average Bonchev–Trinajstić information content (AvgIpc) is 2.74. The van der Waals surface area contributed by atoms with Crippen LogP contribution in [0.5, 0.6) is 0 Å². The molecule has 2 atom stereocenters. The number of hydrogen-bond donors (Lipinski definition) is 2. The van der Waals surface area contributed by atoms with E-state index in [4.69, 9.17) is 18.0 Å². The Morgan fingerprint density at radius 2 is 2.21 bits per heavy atom. The van der Waals surface area contributed by atoms with Crippen molar-refractivity contribution in [3.63, 3.8) is 0 Å². The molecule has 0 bridgehead atoms. The van der Waals surface area contributed by atoms with Crippen LogP contribution in [-0.2, 0) is 0 Å². The van der Waals surface area contributed by atoms with E-state index in [0.29, 0.717) is 16.3 Å². The number of thiocarbonyl (C=S) groups is 1. The Labute approximate surface area is 124 Å². The Balaban J connectivity index is 2.31. The summed E-state index contributed by atoms with van der Waals surface area (Å²) in [6.07, 6.45) is 5.96. The van der Waals surface area contributed by atoms with Crippen LogP contribution < -0.4 is 11.1 Å². The summed E-state index contributed by atoms with van der Waals surface area (Å²) >= 11 is 7.11. The molecule has 0 aliphatic heterocycles. The highest BCUT2D eigenvalue weighted by molar-refractivity contribution is 7.99. The Bertz CT molecular complexity index is 488. The van der Waals surface area contributed by atoms with Crippen molar-refractivity contribution in [1.82, 2.24) is 4.98 Å². The van der Waals surface area contributed by atoms with Crippen molar-refractivity contribution >= 4 is 34.7 Å². The van der Waals surface area contributed by atoms with E-state index in [2.05, 4.69) is 22.6 Å². The minimum absolute atomic E-state index is 0.422. The van der Waals surface area contributed by atoms with Crippen molar-refractivity contribution in [3.05, 3.63) is 23.0 Å². The molecule has 0 spiro atoms. The van der Waals surface area contributed by atoms with E-state index < -0.39 is 0 Å². The summed E-state index contributed by atoms with van der Waals surface area (Å²) in [6, 6.07) is 2.56. The van der Waals surface area contributed by atoms with Crippen molar-refractivity contribution < 1.29 is 0 Å². The number of hydrogen-bond acceptors (Lipinski definition) is 4. The first-order valence-corrected chi connectivity index (χ1v) is 8.30. The molecule has 3 N–H and O–H groups in total. The lowest BCUT2D eigenvalue weighted by atomic mass is 10.1. The van der Waals surface area contributed by atoms with Crippen LogP contribution in [-0.4, -0.2) is 27.5 Å². The van der Waals surface area contributed by atoms with E-state index in [-0.39, 0.29) is 0 Å². The second-order valence-electron chi connectivity index (χ2n) is 5.09. The lowest BCUT2D eigenvalue weighted by Gasteiger charge is -2.23. The minimum atomic E-state index is 0.422. The van der Waals surface area contributed by atoms with Gasteiger partial charge in [-0.1, -0.05) is 18.6 Å². The van der Waals surface area contributed by atoms with Gasteiger partial charge in [-0.3, -0.25) is 4.98 Å². The summed E-state index contributed by atoms with van der Waals surface area (Å²) in [7, 11) is 0. The van der Waals surface area contributed by atoms with Gasteiger partial charge in [-0.2, -0.15) is 11.8 Å². The Kier molecular flexibility index (Phi) is 4.68. The summed E-state index contributed by atoms with van der Waals surface area (Å²) in [4.78, 5) is 4.88. The van der Waals surface area contributed by atoms with Crippen LogP contribution in [0.1, 0.15) is 36.2 Å². The summed E-state index contributed by atoms with van der Waals surface area (Å²) in [5, 5.41) is 4.32. The number of nitrogens with two attached hydrogens (primary N) is 1. The highest BCUT2D eigenvalue weighted by atomic mass is 32.2. The molecule has 5 heteroatoms. The fourth-order valence-electron chi connectivity index (χ4n) is 2.83. The molecule has 0 saturated heterocycles. The molecule has 19 heavy (non-hydrogen) atoms. The summed E-state index contributed by atoms with van der Waals surface area (Å²) in [5.41, 5.74) is 9.70. The molecule has 1 aromatic heterocycles. The zero-order valence-electron chi connectivity index (χ0n) is 11.7. The molecule has 104 valence electrons. The molecule has 0 radical (unpaired) electrons. The molecule has 2 unspecified atom stereocenters. The molecule has 0 aromatic carbocycles. The highest BCUT2D eigenvalue weighted by Gasteiger charge is 2.27. The molecule has 1 heterocycles. The van der Waals surface area contributed by atoms with Gasteiger partial charge in [0.25, 0.3) is 0 Å². The monoisotopic (exact) mass is 295 g/mol. The van der Waals surface area contributed by atoms with Crippen LogP contribution in [0, 0.1) is 13.8 Å². The Morgan fingerprint density at radius 3 is 2.84 bits per heavy atom. The van der Waals surface area contributed by atoms with Crippen LogP contribution in [0.2, 0.25) is 0 Å². The number of nitrogens with one attached hydrogen (secondary N) is 1. The molecule has 2 rings (SSSR count). The van der Waals surface area contributed by atoms with Gasteiger partial charge in [0.15, 0.2) is 0 Å². The number of anilines is 1. The number of aromatic nitrogens is 1. The van der Waals surface area contributed by atoms with Crippen LogP contribution in [0.15, 0.2) is 6.07 Å². The van der Waals surface area contributed by atoms with Crippen LogP contribution in [0.4, 0.5) is 5.69 Å². The third-order valence-corrected chi connectivity index (χ3v) is 5.04. The first-order chi connectivity index (χ1) is 9.02. The van der Waals surface area contributed by atoms with E-state index in [9.17, 15) is 0 Å². The minimum Gasteiger partial charge on any atom is -0.389 e. The van der Waals surface area contributed by atoms with Gasteiger partial charge in [-0.05, 0) is 39.0 Å². The van der Waals surface area contributed by atoms with Gasteiger partial charge < -0.3 is 11.1 Å². The van der Waals surface area contributed by atoms with E-state index >= 15 is 0 Å². The SMILES string of the molecule is CSC1CCCC1Nc1cc(C)nc(C)c1C(N)=S. The maximum absolute atomic E-state index is 5.85. The zero-order chi connectivity index (χ0) is 14.0. The number of thioether (sulfide) groups is 1. The molecule has 3 nitrogen and oxygen atoms in total. The third-order valence-electron chi connectivity index (χ3n) is 3.67. The summed E-state index contributed by atoms with van der Waals surface area (Å²) < 4.78 is 0. The van der Waals surface area contributed by atoms with Crippen LogP contribution in [0.3, 0.4) is 0 Å². The second-order valence-corrected chi connectivity index (χ2v) is 6.61. The lowest BCUT2D eigenvalue weighted by Crippen LogP contribution is -2.28. The first kappa shape index (κ1) is 14.6. The predicted molar refractivity (Wildman–Crippen MR) is 88.2 cm³/mol. The number of aryl methyl sites for hydroxylation is 2. The van der Waals surface area contributed by atoms with Gasteiger partial charge in [0.1, 0.15) is 4.99 Å². The van der Waals surface area contributed by atoms with Crippen LogP contribution in [0.25, 0.3) is 0 Å². The smallest absolute Gasteiger partial charge is 0.107 e. The Hall–Kier alpha value is -0.810.